The minimum absolute atomic E-state index is 0.0657. The highest BCUT2D eigenvalue weighted by Crippen LogP contribution is 2.30. The smallest absolute Gasteiger partial charge is 0.226 e. The van der Waals surface area contributed by atoms with Gasteiger partial charge in [-0.15, -0.1) is 0 Å². The third-order valence-electron chi connectivity index (χ3n) is 2.96. The van der Waals surface area contributed by atoms with Crippen molar-refractivity contribution in [2.45, 2.75) is 25.8 Å². The molecule has 1 heterocycles. The maximum absolute atomic E-state index is 11.4. The number of carbonyl (C=O) groups is 1. The van der Waals surface area contributed by atoms with E-state index in [1.54, 1.807) is 0 Å². The zero-order valence-corrected chi connectivity index (χ0v) is 9.64. The summed E-state index contributed by atoms with van der Waals surface area (Å²) in [6.45, 7) is 4.09. The van der Waals surface area contributed by atoms with E-state index in [0.717, 1.165) is 17.0 Å². The van der Waals surface area contributed by atoms with Crippen molar-refractivity contribution in [2.75, 3.05) is 0 Å². The van der Waals surface area contributed by atoms with Gasteiger partial charge in [0.2, 0.25) is 5.91 Å². The Morgan fingerprint density at radius 1 is 1.47 bits per heavy atom. The maximum atomic E-state index is 11.4. The second-order valence-electron chi connectivity index (χ2n) is 4.60. The van der Waals surface area contributed by atoms with Gasteiger partial charge in [-0.3, -0.25) is 4.79 Å². The molecule has 1 amide bonds. The second kappa shape index (κ2) is 3.53. The van der Waals surface area contributed by atoms with Crippen LogP contribution >= 0.6 is 11.6 Å². The summed E-state index contributed by atoms with van der Waals surface area (Å²) in [4.78, 5) is 11.4. The summed E-state index contributed by atoms with van der Waals surface area (Å²) in [5.74, 6) is 0.205. The van der Waals surface area contributed by atoms with Crippen molar-refractivity contribution < 1.29 is 4.79 Å². The standard InChI is InChI=1S/C12H14ClNO/c1-12(2)10(11(15)14-12)7-8-4-3-5-9(13)6-8/h3-6,10H,7H2,1-2H3,(H,14,15). The highest BCUT2D eigenvalue weighted by atomic mass is 35.5. The third kappa shape index (κ3) is 2.00. The fourth-order valence-electron chi connectivity index (χ4n) is 1.99. The molecule has 2 rings (SSSR count). The van der Waals surface area contributed by atoms with Gasteiger partial charge in [-0.2, -0.15) is 0 Å². The van der Waals surface area contributed by atoms with Crippen molar-refractivity contribution in [3.8, 4) is 0 Å². The Morgan fingerprint density at radius 2 is 2.20 bits per heavy atom. The molecule has 0 aromatic heterocycles. The number of hydrogen-bond donors (Lipinski definition) is 1. The van der Waals surface area contributed by atoms with Crippen LogP contribution in [-0.2, 0) is 11.2 Å². The molecule has 0 saturated carbocycles. The molecule has 1 atom stereocenters. The van der Waals surface area contributed by atoms with Gasteiger partial charge in [-0.1, -0.05) is 23.7 Å². The quantitative estimate of drug-likeness (QED) is 0.767. The minimum atomic E-state index is -0.0839. The zero-order valence-electron chi connectivity index (χ0n) is 8.88. The number of rotatable bonds is 2. The van der Waals surface area contributed by atoms with Crippen LogP contribution in [0.3, 0.4) is 0 Å². The fourth-order valence-corrected chi connectivity index (χ4v) is 2.20. The number of carbonyl (C=O) groups excluding carboxylic acids is 1. The molecule has 1 aromatic carbocycles. The van der Waals surface area contributed by atoms with Crippen LogP contribution in [-0.4, -0.2) is 11.4 Å². The third-order valence-corrected chi connectivity index (χ3v) is 3.20. The van der Waals surface area contributed by atoms with Crippen LogP contribution in [0.15, 0.2) is 24.3 Å². The van der Waals surface area contributed by atoms with Crippen LogP contribution in [0, 0.1) is 5.92 Å². The SMILES string of the molecule is CC1(C)NC(=O)C1Cc1cccc(Cl)c1. The van der Waals surface area contributed by atoms with E-state index >= 15 is 0 Å². The van der Waals surface area contributed by atoms with Gasteiger partial charge >= 0.3 is 0 Å². The van der Waals surface area contributed by atoms with E-state index in [4.69, 9.17) is 11.6 Å². The Balaban J connectivity index is 2.12. The van der Waals surface area contributed by atoms with E-state index in [0.29, 0.717) is 0 Å². The lowest BCUT2D eigenvalue weighted by Gasteiger charge is -2.44. The molecule has 0 radical (unpaired) electrons. The summed E-state index contributed by atoms with van der Waals surface area (Å²) in [5.41, 5.74) is 1.04. The molecule has 1 unspecified atom stereocenters. The van der Waals surface area contributed by atoms with Gasteiger partial charge < -0.3 is 5.32 Å². The topological polar surface area (TPSA) is 29.1 Å². The Bertz CT molecular complexity index is 400. The lowest BCUT2D eigenvalue weighted by Crippen LogP contribution is -2.66. The monoisotopic (exact) mass is 223 g/mol. The molecule has 1 aliphatic heterocycles. The first-order valence-corrected chi connectivity index (χ1v) is 5.43. The lowest BCUT2D eigenvalue weighted by atomic mass is 9.75. The molecule has 0 aliphatic carbocycles. The Labute approximate surface area is 94.6 Å². The second-order valence-corrected chi connectivity index (χ2v) is 5.03. The molecule has 2 nitrogen and oxygen atoms in total. The molecule has 80 valence electrons. The largest absolute Gasteiger partial charge is 0.350 e. The van der Waals surface area contributed by atoms with Crippen molar-refractivity contribution in [1.82, 2.24) is 5.32 Å². The predicted octanol–water partition coefficient (Wildman–Crippen LogP) is 2.41. The fraction of sp³-hybridized carbons (Fsp3) is 0.417. The molecule has 3 heteroatoms. The van der Waals surface area contributed by atoms with Crippen molar-refractivity contribution in [3.63, 3.8) is 0 Å². The van der Waals surface area contributed by atoms with Crippen molar-refractivity contribution in [3.05, 3.63) is 34.9 Å². The van der Waals surface area contributed by atoms with E-state index in [1.807, 2.05) is 38.1 Å². The highest BCUT2D eigenvalue weighted by molar-refractivity contribution is 6.30. The van der Waals surface area contributed by atoms with Crippen LogP contribution in [0.4, 0.5) is 0 Å². The molecule has 1 fully saturated rings. The lowest BCUT2D eigenvalue weighted by molar-refractivity contribution is -0.139. The van der Waals surface area contributed by atoms with Gasteiger partial charge in [0, 0.05) is 10.6 Å². The predicted molar refractivity (Wildman–Crippen MR) is 60.9 cm³/mol. The average Bonchev–Trinajstić information content (AvgIpc) is 2.14. The van der Waals surface area contributed by atoms with Gasteiger partial charge in [0.15, 0.2) is 0 Å². The van der Waals surface area contributed by atoms with Gasteiger partial charge in [0.25, 0.3) is 0 Å². The van der Waals surface area contributed by atoms with E-state index in [2.05, 4.69) is 5.32 Å². The number of benzene rings is 1. The number of hydrogen-bond acceptors (Lipinski definition) is 1. The Hall–Kier alpha value is -1.02. The van der Waals surface area contributed by atoms with Crippen molar-refractivity contribution in [1.29, 1.82) is 0 Å². The van der Waals surface area contributed by atoms with Gasteiger partial charge in [-0.05, 0) is 38.0 Å². The number of amides is 1. The molecular formula is C12H14ClNO. The molecule has 1 N–H and O–H groups in total. The van der Waals surface area contributed by atoms with E-state index < -0.39 is 0 Å². The Morgan fingerprint density at radius 3 is 2.73 bits per heavy atom. The van der Waals surface area contributed by atoms with Gasteiger partial charge in [-0.25, -0.2) is 0 Å². The summed E-state index contributed by atoms with van der Waals surface area (Å²) >= 11 is 5.90. The first-order chi connectivity index (χ1) is 6.99. The summed E-state index contributed by atoms with van der Waals surface area (Å²) in [6.07, 6.45) is 0.763. The van der Waals surface area contributed by atoms with Crippen LogP contribution in [0.5, 0.6) is 0 Å². The zero-order chi connectivity index (χ0) is 11.1. The number of nitrogens with one attached hydrogen (secondary N) is 1. The van der Waals surface area contributed by atoms with Crippen LogP contribution in [0.1, 0.15) is 19.4 Å². The van der Waals surface area contributed by atoms with Gasteiger partial charge in [0.1, 0.15) is 0 Å². The minimum Gasteiger partial charge on any atom is -0.350 e. The highest BCUT2D eigenvalue weighted by Gasteiger charge is 2.45. The molecule has 1 saturated heterocycles. The van der Waals surface area contributed by atoms with Crippen LogP contribution in [0.25, 0.3) is 0 Å². The average molecular weight is 224 g/mol. The van der Waals surface area contributed by atoms with Crippen molar-refractivity contribution >= 4 is 17.5 Å². The van der Waals surface area contributed by atoms with Crippen LogP contribution < -0.4 is 5.32 Å². The summed E-state index contributed by atoms with van der Waals surface area (Å²) in [7, 11) is 0. The van der Waals surface area contributed by atoms with E-state index in [1.165, 1.54) is 0 Å². The first kappa shape index (κ1) is 10.5. The molecule has 0 bridgehead atoms. The number of β-lactam (4-membered cyclic amide) rings is 1. The summed E-state index contributed by atoms with van der Waals surface area (Å²) in [6, 6.07) is 7.69. The van der Waals surface area contributed by atoms with E-state index in [9.17, 15) is 4.79 Å². The molecule has 1 aromatic rings. The van der Waals surface area contributed by atoms with Crippen LogP contribution in [0.2, 0.25) is 5.02 Å². The first-order valence-electron chi connectivity index (χ1n) is 5.05. The maximum Gasteiger partial charge on any atom is 0.226 e. The summed E-state index contributed by atoms with van der Waals surface area (Å²) < 4.78 is 0. The Kier molecular flexibility index (Phi) is 2.47. The summed E-state index contributed by atoms with van der Waals surface area (Å²) in [5, 5.41) is 3.62. The normalized spacial score (nSPS) is 23.1. The number of halogens is 1. The van der Waals surface area contributed by atoms with E-state index in [-0.39, 0.29) is 17.4 Å². The molecule has 1 aliphatic rings. The van der Waals surface area contributed by atoms with Crippen molar-refractivity contribution in [2.24, 2.45) is 5.92 Å². The van der Waals surface area contributed by atoms with Gasteiger partial charge in [0.05, 0.1) is 5.92 Å². The molecule has 0 spiro atoms. The molecular weight excluding hydrogens is 210 g/mol. The molecule has 15 heavy (non-hydrogen) atoms.